The highest BCUT2D eigenvalue weighted by Gasteiger charge is 2.24. The van der Waals surface area contributed by atoms with Crippen molar-refractivity contribution in [2.75, 3.05) is 0 Å². The second-order valence-corrected chi connectivity index (χ2v) is 3.47. The summed E-state index contributed by atoms with van der Waals surface area (Å²) in [6.45, 7) is 2.20. The van der Waals surface area contributed by atoms with Gasteiger partial charge in [0.05, 0.1) is 12.7 Å². The quantitative estimate of drug-likeness (QED) is 0.646. The van der Waals surface area contributed by atoms with Crippen LogP contribution in [0.1, 0.15) is 11.3 Å². The van der Waals surface area contributed by atoms with Gasteiger partial charge in [0.25, 0.3) is 11.8 Å². The first-order valence-electron chi connectivity index (χ1n) is 4.60. The van der Waals surface area contributed by atoms with Crippen LogP contribution in [-0.4, -0.2) is 26.5 Å². The Morgan fingerprint density at radius 1 is 1.27 bits per heavy atom. The van der Waals surface area contributed by atoms with Crippen LogP contribution < -0.4 is 0 Å². The Labute approximate surface area is 87.0 Å². The Balaban J connectivity index is 2.19. The summed E-state index contributed by atoms with van der Waals surface area (Å²) in [7, 11) is 1.82. The zero-order chi connectivity index (χ0) is 11.0. The fraction of sp³-hybridized carbons (Fsp3) is 0.300. The lowest BCUT2D eigenvalue weighted by Gasteiger charge is -2.12. The first-order valence-corrected chi connectivity index (χ1v) is 4.60. The number of aromatic nitrogens is 2. The number of nitrogens with zero attached hydrogens (tertiary/aromatic N) is 3. The lowest BCUT2D eigenvalue weighted by molar-refractivity contribution is -0.137. The molecule has 0 unspecified atom stereocenters. The minimum atomic E-state index is -0.261. The molecule has 78 valence electrons. The molecule has 5 nitrogen and oxygen atoms in total. The summed E-state index contributed by atoms with van der Waals surface area (Å²) in [5.41, 5.74) is 1.85. The number of hydrogen-bond acceptors (Lipinski definition) is 3. The lowest BCUT2D eigenvalue weighted by atomic mass is 10.2. The van der Waals surface area contributed by atoms with Crippen LogP contribution in [0.25, 0.3) is 0 Å². The third kappa shape index (κ3) is 1.56. The Morgan fingerprint density at radius 2 is 1.87 bits per heavy atom. The summed E-state index contributed by atoms with van der Waals surface area (Å²) in [6, 6.07) is 0. The number of carbonyl (C=O) groups is 2. The largest absolute Gasteiger partial charge is 0.273 e. The van der Waals surface area contributed by atoms with Crippen molar-refractivity contribution >= 4 is 11.8 Å². The molecule has 1 aromatic rings. The molecule has 0 bridgehead atoms. The molecule has 0 atom stereocenters. The fourth-order valence-corrected chi connectivity index (χ4v) is 1.46. The van der Waals surface area contributed by atoms with E-state index < -0.39 is 0 Å². The van der Waals surface area contributed by atoms with Crippen LogP contribution in [0.15, 0.2) is 18.3 Å². The summed E-state index contributed by atoms with van der Waals surface area (Å²) in [5, 5.41) is 4.06. The van der Waals surface area contributed by atoms with Crippen LogP contribution in [0.3, 0.4) is 0 Å². The van der Waals surface area contributed by atoms with E-state index in [-0.39, 0.29) is 11.8 Å². The van der Waals surface area contributed by atoms with Gasteiger partial charge in [-0.1, -0.05) is 0 Å². The van der Waals surface area contributed by atoms with Crippen LogP contribution in [0.5, 0.6) is 0 Å². The van der Waals surface area contributed by atoms with Gasteiger partial charge in [-0.3, -0.25) is 19.2 Å². The van der Waals surface area contributed by atoms with E-state index in [1.165, 1.54) is 17.1 Å². The van der Waals surface area contributed by atoms with Gasteiger partial charge >= 0.3 is 0 Å². The summed E-state index contributed by atoms with van der Waals surface area (Å²) in [5.74, 6) is -0.522. The van der Waals surface area contributed by atoms with Crippen molar-refractivity contribution in [2.45, 2.75) is 13.5 Å². The van der Waals surface area contributed by atoms with Crippen LogP contribution in [0, 0.1) is 6.92 Å². The van der Waals surface area contributed by atoms with E-state index in [4.69, 9.17) is 0 Å². The Hall–Kier alpha value is -1.91. The zero-order valence-electron chi connectivity index (χ0n) is 8.60. The van der Waals surface area contributed by atoms with Crippen LogP contribution in [-0.2, 0) is 23.2 Å². The highest BCUT2D eigenvalue weighted by atomic mass is 16.2. The normalized spacial score (nSPS) is 15.5. The van der Waals surface area contributed by atoms with Crippen molar-refractivity contribution < 1.29 is 9.59 Å². The number of amides is 2. The molecular formula is C10H11N3O2. The van der Waals surface area contributed by atoms with Crippen molar-refractivity contribution in [3.05, 3.63) is 29.6 Å². The van der Waals surface area contributed by atoms with Gasteiger partial charge in [0.1, 0.15) is 0 Å². The average molecular weight is 205 g/mol. The monoisotopic (exact) mass is 205 g/mol. The summed E-state index contributed by atoms with van der Waals surface area (Å²) < 4.78 is 1.72. The third-order valence-electron chi connectivity index (χ3n) is 2.57. The second-order valence-electron chi connectivity index (χ2n) is 3.47. The maximum absolute atomic E-state index is 11.3. The van der Waals surface area contributed by atoms with Crippen molar-refractivity contribution in [3.8, 4) is 0 Å². The van der Waals surface area contributed by atoms with Gasteiger partial charge in [0.2, 0.25) is 0 Å². The number of imide groups is 1. The fourth-order valence-electron chi connectivity index (χ4n) is 1.46. The number of carbonyl (C=O) groups excluding carboxylic acids is 2. The molecular weight excluding hydrogens is 194 g/mol. The summed E-state index contributed by atoms with van der Waals surface area (Å²) in [4.78, 5) is 23.8. The van der Waals surface area contributed by atoms with Gasteiger partial charge in [0, 0.05) is 30.5 Å². The van der Waals surface area contributed by atoms with E-state index in [1.54, 1.807) is 10.9 Å². The highest BCUT2D eigenvalue weighted by Crippen LogP contribution is 2.13. The molecule has 1 aliphatic heterocycles. The maximum atomic E-state index is 11.3. The molecule has 2 heterocycles. The second kappa shape index (κ2) is 3.34. The van der Waals surface area contributed by atoms with E-state index in [0.29, 0.717) is 6.54 Å². The molecule has 5 heteroatoms. The van der Waals surface area contributed by atoms with Gasteiger partial charge in [0.15, 0.2) is 0 Å². The molecule has 2 amide bonds. The first-order chi connectivity index (χ1) is 7.09. The van der Waals surface area contributed by atoms with Gasteiger partial charge in [-0.15, -0.1) is 0 Å². The van der Waals surface area contributed by atoms with Crippen LogP contribution >= 0.6 is 0 Å². The Kier molecular flexibility index (Phi) is 2.15. The molecule has 0 saturated carbocycles. The van der Waals surface area contributed by atoms with E-state index in [0.717, 1.165) is 11.3 Å². The van der Waals surface area contributed by atoms with Crippen molar-refractivity contribution in [2.24, 2.45) is 7.05 Å². The van der Waals surface area contributed by atoms with Gasteiger partial charge < -0.3 is 0 Å². The standard InChI is InChI=1S/C10H11N3O2/c1-7-8(5-11-12(7)2)6-13-9(14)3-4-10(13)15/h3-5H,6H2,1-2H3. The van der Waals surface area contributed by atoms with Gasteiger partial charge in [-0.05, 0) is 6.92 Å². The minimum Gasteiger partial charge on any atom is -0.273 e. The predicted octanol–water partition coefficient (Wildman–Crippen LogP) is 0.154. The molecule has 2 rings (SSSR count). The molecule has 0 spiro atoms. The topological polar surface area (TPSA) is 55.2 Å². The van der Waals surface area contributed by atoms with Crippen molar-refractivity contribution in [1.29, 1.82) is 0 Å². The van der Waals surface area contributed by atoms with Gasteiger partial charge in [-0.25, -0.2) is 0 Å². The predicted molar refractivity (Wildman–Crippen MR) is 52.6 cm³/mol. The van der Waals surface area contributed by atoms with Crippen LogP contribution in [0.4, 0.5) is 0 Å². The van der Waals surface area contributed by atoms with Crippen LogP contribution in [0.2, 0.25) is 0 Å². The molecule has 0 saturated heterocycles. The SMILES string of the molecule is Cc1c(CN2C(=O)C=CC2=O)cnn1C. The summed E-state index contributed by atoms with van der Waals surface area (Å²) in [6.07, 6.45) is 4.25. The molecule has 1 aromatic heterocycles. The smallest absolute Gasteiger partial charge is 0.253 e. The summed E-state index contributed by atoms with van der Waals surface area (Å²) >= 11 is 0. The lowest BCUT2D eigenvalue weighted by Crippen LogP contribution is -2.29. The molecule has 0 N–H and O–H groups in total. The molecule has 0 aliphatic carbocycles. The van der Waals surface area contributed by atoms with E-state index in [9.17, 15) is 9.59 Å². The number of aryl methyl sites for hydroxylation is 1. The van der Waals surface area contributed by atoms with Crippen molar-refractivity contribution in [1.82, 2.24) is 14.7 Å². The first kappa shape index (κ1) is 9.64. The maximum Gasteiger partial charge on any atom is 0.253 e. The third-order valence-corrected chi connectivity index (χ3v) is 2.57. The molecule has 0 fully saturated rings. The average Bonchev–Trinajstić information content (AvgIpc) is 2.68. The highest BCUT2D eigenvalue weighted by molar-refractivity contribution is 6.12. The zero-order valence-corrected chi connectivity index (χ0v) is 8.60. The van der Waals surface area contributed by atoms with Gasteiger partial charge in [-0.2, -0.15) is 5.10 Å². The van der Waals surface area contributed by atoms with E-state index in [2.05, 4.69) is 5.10 Å². The number of rotatable bonds is 2. The molecule has 15 heavy (non-hydrogen) atoms. The van der Waals surface area contributed by atoms with Crippen molar-refractivity contribution in [3.63, 3.8) is 0 Å². The van der Waals surface area contributed by atoms with E-state index in [1.807, 2.05) is 14.0 Å². The molecule has 1 aliphatic rings. The Bertz CT molecular complexity index is 441. The Morgan fingerprint density at radius 3 is 2.33 bits per heavy atom. The minimum absolute atomic E-state index is 0.261. The molecule has 0 radical (unpaired) electrons. The molecule has 0 aromatic carbocycles. The number of hydrogen-bond donors (Lipinski definition) is 0. The van der Waals surface area contributed by atoms with E-state index >= 15 is 0 Å².